The predicted molar refractivity (Wildman–Crippen MR) is 420 cm³/mol. The van der Waals surface area contributed by atoms with Crippen molar-refractivity contribution in [2.75, 3.05) is 56.7 Å². The lowest BCUT2D eigenvalue weighted by atomic mass is 9.83. The van der Waals surface area contributed by atoms with Crippen LogP contribution in [0.5, 0.6) is 5.75 Å². The molecule has 1 saturated heterocycles. The zero-order valence-corrected chi connectivity index (χ0v) is 63.7. The average Bonchev–Trinajstić information content (AvgIpc) is 1.75. The fourth-order valence-electron chi connectivity index (χ4n) is 14.1. The number of H-pyrrole nitrogens is 2. The van der Waals surface area contributed by atoms with E-state index in [2.05, 4.69) is 42.6 Å². The van der Waals surface area contributed by atoms with E-state index in [4.69, 9.17) is 16.2 Å². The topological polar surface area (TPSA) is 340 Å². The van der Waals surface area contributed by atoms with Crippen molar-refractivity contribution in [2.24, 2.45) is 17.4 Å². The Labute approximate surface area is 634 Å². The molecule has 572 valence electrons. The van der Waals surface area contributed by atoms with Gasteiger partial charge in [0.2, 0.25) is 53.2 Å². The third-order valence-electron chi connectivity index (χ3n) is 20.1. The number of hydrogen-bond donors (Lipinski definition) is 10. The number of unbranched alkanes of at least 4 members (excludes halogenated alkanes) is 1. The summed E-state index contributed by atoms with van der Waals surface area (Å²) in [7, 11) is 3.07. The summed E-state index contributed by atoms with van der Waals surface area (Å²) in [4.78, 5) is 139. The minimum absolute atomic E-state index is 0.000477. The summed E-state index contributed by atoms with van der Waals surface area (Å²) in [5, 5.41) is 25.8. The summed E-state index contributed by atoms with van der Waals surface area (Å²) in [5.41, 5.74) is 18.9. The molecule has 2 aliphatic rings. The molecular formula is C81H104FN13O10S2. The number of ether oxygens (including phenoxy) is 1. The molecule has 2 fully saturated rings. The molecule has 107 heavy (non-hydrogen) atoms. The number of aromatic amines is 2. The number of carbonyl (C=O) groups excluding carboxylic acids is 9. The summed E-state index contributed by atoms with van der Waals surface area (Å²) in [6, 6.07) is 25.7. The van der Waals surface area contributed by atoms with Crippen LogP contribution in [0.4, 0.5) is 10.1 Å². The number of amides is 9. The largest absolute Gasteiger partial charge is 0.497 e. The Kier molecular flexibility index (Phi) is 30.8. The highest BCUT2D eigenvalue weighted by atomic mass is 32.2. The Balaban J connectivity index is 0.907. The summed E-state index contributed by atoms with van der Waals surface area (Å²) in [6.07, 6.45) is 11.9. The number of nitrogens with zero attached hydrogens (tertiary/aromatic N) is 3. The molecule has 5 aromatic carbocycles. The predicted octanol–water partition coefficient (Wildman–Crippen LogP) is 9.37. The van der Waals surface area contributed by atoms with E-state index in [0.29, 0.717) is 107 Å². The molecule has 0 spiro atoms. The number of aromatic nitrogens is 2. The SMILES string of the molecule is CCCC(=O)N(C)[C@@H](Cc1c[nH]c2ccc(F)cc12)C(=O)N[C@@H](CCc1c[nH]c2ccc(C)cc12)C(=O)N[C@@H](C)C(=O)N(CC(=O)N[C@@H](Cc1ccc(OC)cc1)C(=O)N1CCCC1C(=O)NCCSCc1cccc(CSCCC(=O)N[C@@H](CCCCN)C(N)=O)c1)c1ccccc1C(=N)C1CCCCC1. The van der Waals surface area contributed by atoms with E-state index in [-0.39, 0.29) is 74.4 Å². The van der Waals surface area contributed by atoms with Gasteiger partial charge in [-0.2, -0.15) is 23.5 Å². The highest BCUT2D eigenvalue weighted by Gasteiger charge is 2.40. The van der Waals surface area contributed by atoms with Gasteiger partial charge in [0.15, 0.2) is 0 Å². The highest BCUT2D eigenvalue weighted by molar-refractivity contribution is 7.98. The Bertz CT molecular complexity index is 4240. The van der Waals surface area contributed by atoms with Gasteiger partial charge in [-0.05, 0) is 161 Å². The second-order valence-electron chi connectivity index (χ2n) is 28.0. The molecule has 7 aromatic rings. The number of hydrogen-bond acceptors (Lipinski definition) is 14. The van der Waals surface area contributed by atoms with Crippen molar-refractivity contribution in [1.82, 2.24) is 46.4 Å². The molecule has 0 bridgehead atoms. The zero-order valence-electron chi connectivity index (χ0n) is 62.0. The van der Waals surface area contributed by atoms with Crippen LogP contribution in [0.2, 0.25) is 0 Å². The molecule has 1 saturated carbocycles. The highest BCUT2D eigenvalue weighted by Crippen LogP contribution is 2.33. The number of fused-ring (bicyclic) bond motifs is 2. The van der Waals surface area contributed by atoms with Gasteiger partial charge >= 0.3 is 0 Å². The van der Waals surface area contributed by atoms with Crippen LogP contribution in [0.15, 0.2) is 122 Å². The van der Waals surface area contributed by atoms with Gasteiger partial charge in [0.05, 0.1) is 12.8 Å². The first-order valence-electron chi connectivity index (χ1n) is 37.3. The van der Waals surface area contributed by atoms with Crippen molar-refractivity contribution in [2.45, 2.75) is 178 Å². The number of nitrogens with one attached hydrogen (secondary N) is 8. The minimum Gasteiger partial charge on any atom is -0.497 e. The maximum absolute atomic E-state index is 15.7. The molecule has 6 atom stereocenters. The maximum atomic E-state index is 15.7. The van der Waals surface area contributed by atoms with E-state index in [1.807, 2.05) is 56.4 Å². The number of aryl methyl sites for hydroxylation is 2. The summed E-state index contributed by atoms with van der Waals surface area (Å²) in [6.45, 7) is 5.72. The number of nitrogens with two attached hydrogens (primary N) is 2. The van der Waals surface area contributed by atoms with Crippen molar-refractivity contribution in [3.8, 4) is 5.75 Å². The van der Waals surface area contributed by atoms with Gasteiger partial charge in [-0.25, -0.2) is 4.39 Å². The fraction of sp³-hybridized carbons (Fsp3) is 0.457. The van der Waals surface area contributed by atoms with Gasteiger partial charge in [-0.1, -0.05) is 92.4 Å². The van der Waals surface area contributed by atoms with Crippen molar-refractivity contribution >= 4 is 110 Å². The molecule has 12 N–H and O–H groups in total. The molecule has 9 amide bonds. The van der Waals surface area contributed by atoms with Crippen LogP contribution in [0.25, 0.3) is 21.8 Å². The number of halogens is 1. The van der Waals surface area contributed by atoms with Crippen molar-refractivity contribution in [1.29, 1.82) is 5.41 Å². The molecular weight excluding hydrogens is 1400 g/mol. The molecule has 1 aliphatic heterocycles. The van der Waals surface area contributed by atoms with E-state index < -0.39 is 84.1 Å². The number of thioether (sulfide) groups is 2. The molecule has 3 heterocycles. The third kappa shape index (κ3) is 23.0. The number of methoxy groups -OCH3 is 1. The van der Waals surface area contributed by atoms with Crippen molar-refractivity contribution in [3.05, 3.63) is 166 Å². The van der Waals surface area contributed by atoms with E-state index in [1.54, 1.807) is 84.3 Å². The second-order valence-corrected chi connectivity index (χ2v) is 30.2. The van der Waals surface area contributed by atoms with Gasteiger partial charge in [0.25, 0.3) is 0 Å². The number of likely N-dealkylation sites (tertiary alicyclic amines) is 1. The van der Waals surface area contributed by atoms with Crippen LogP contribution in [0, 0.1) is 24.1 Å². The van der Waals surface area contributed by atoms with Crippen LogP contribution in [-0.4, -0.2) is 167 Å². The summed E-state index contributed by atoms with van der Waals surface area (Å²) in [5.74, 6) is -2.32. The number of anilines is 1. The molecule has 0 radical (unpaired) electrons. The van der Waals surface area contributed by atoms with E-state index in [0.717, 1.165) is 71.7 Å². The normalized spacial score (nSPS) is 15.2. The number of rotatable bonds is 40. The number of primary amides is 1. The quantitative estimate of drug-likeness (QED) is 0.0127. The van der Waals surface area contributed by atoms with E-state index in [1.165, 1.54) is 47.9 Å². The Morgan fingerprint density at radius 1 is 0.710 bits per heavy atom. The average molecular weight is 1500 g/mol. The van der Waals surface area contributed by atoms with Crippen molar-refractivity contribution in [3.63, 3.8) is 0 Å². The number of carbonyl (C=O) groups is 9. The monoisotopic (exact) mass is 1500 g/mol. The minimum atomic E-state index is -1.38. The zero-order chi connectivity index (χ0) is 76.5. The van der Waals surface area contributed by atoms with Gasteiger partial charge < -0.3 is 72.9 Å². The lowest BCUT2D eigenvalue weighted by molar-refractivity contribution is -0.141. The first-order valence-corrected chi connectivity index (χ1v) is 39.6. The molecule has 9 rings (SSSR count). The molecule has 2 aromatic heterocycles. The number of benzene rings is 5. The number of para-hydroxylation sites is 1. The van der Waals surface area contributed by atoms with E-state index in [9.17, 15) is 29.0 Å². The molecule has 1 aliphatic carbocycles. The fourth-order valence-corrected chi connectivity index (χ4v) is 15.8. The van der Waals surface area contributed by atoms with Gasteiger partial charge in [0.1, 0.15) is 54.4 Å². The lowest BCUT2D eigenvalue weighted by Crippen LogP contribution is -2.58. The molecule has 1 unspecified atom stereocenters. The van der Waals surface area contributed by atoms with E-state index >= 15 is 24.0 Å². The lowest BCUT2D eigenvalue weighted by Gasteiger charge is -2.32. The van der Waals surface area contributed by atoms with Crippen LogP contribution < -0.4 is 47.7 Å². The van der Waals surface area contributed by atoms with Gasteiger partial charge in [-0.3, -0.25) is 43.2 Å². The molecule has 23 nitrogen and oxygen atoms in total. The smallest absolute Gasteiger partial charge is 0.249 e. The first kappa shape index (κ1) is 81.5. The van der Waals surface area contributed by atoms with Crippen LogP contribution in [-0.2, 0) is 73.9 Å². The standard InChI is InChI=1S/C81H104FN13O10S2/c1-6-16-74(98)93(4)71(44-58-47-88-65-34-29-59(82)45-63(58)65)79(102)92-67(33-28-57-46-87-64-32-25-51(2)41-62(57)64)77(100)89-52(3)80(103)95(69-23-11-10-21-61(69)75(84)56-19-8-7-9-20-56)48-73(97)91-68(43-53-26-30-60(105-5)31-27-53)81(104)94-38-15-24-70(94)78(101)86-37-40-107-50-55-18-14-17-54(42-55)49-106-39-35-72(96)90-66(76(85)99)22-12-13-36-83/h10-11,14,17-18,21,23,25-27,29-32,34,41-42,45-47,52,56,66-68,70-71,84,87-88H,6-9,12-13,15-16,19-20,22,24,28,33,35-40,43-44,48-50,83H2,1-5H3,(H2,85,99)(H,86,101)(H,89,100)(H,90,96)(H,91,97)(H,92,102)/t52-,66-,67-,68-,70?,71-/m0/s1. The van der Waals surface area contributed by atoms with Crippen LogP contribution in [0.3, 0.4) is 0 Å². The molecule has 26 heteroatoms. The Morgan fingerprint density at radius 3 is 2.11 bits per heavy atom. The van der Waals surface area contributed by atoms with Gasteiger partial charge in [-0.15, -0.1) is 0 Å². The number of likely N-dealkylation sites (N-methyl/N-ethyl adjacent to an activating group) is 1. The first-order chi connectivity index (χ1) is 51.6. The third-order valence-corrected chi connectivity index (χ3v) is 22.1. The van der Waals surface area contributed by atoms with Crippen LogP contribution in [0.1, 0.15) is 143 Å². The summed E-state index contributed by atoms with van der Waals surface area (Å²) < 4.78 is 20.2. The maximum Gasteiger partial charge on any atom is 0.249 e. The van der Waals surface area contributed by atoms with Crippen LogP contribution >= 0.6 is 23.5 Å². The summed E-state index contributed by atoms with van der Waals surface area (Å²) >= 11 is 3.26. The Hall–Kier alpha value is -9.53. The van der Waals surface area contributed by atoms with Gasteiger partial charge in [0, 0.05) is 120 Å². The van der Waals surface area contributed by atoms with Crippen molar-refractivity contribution < 1.29 is 52.3 Å². The second kappa shape index (κ2) is 40.4. The Morgan fingerprint density at radius 2 is 1.40 bits per heavy atom.